The molecule has 0 atom stereocenters. The molecule has 0 bridgehead atoms. The molecule has 0 radical (unpaired) electrons. The Labute approximate surface area is 135 Å². The van der Waals surface area contributed by atoms with Crippen molar-refractivity contribution in [3.05, 3.63) is 68.8 Å². The van der Waals surface area contributed by atoms with E-state index in [1.165, 1.54) is 6.08 Å². The van der Waals surface area contributed by atoms with Crippen LogP contribution in [0.5, 0.6) is 0 Å². The van der Waals surface area contributed by atoms with Gasteiger partial charge in [-0.1, -0.05) is 11.6 Å². The SMILES string of the molecule is O=C(/C=C/c1csc(-c2ccsc2)n1)c1ccc(Cl)cc1. The molecule has 0 saturated carbocycles. The summed E-state index contributed by atoms with van der Waals surface area (Å²) in [6, 6.07) is 8.88. The van der Waals surface area contributed by atoms with Crippen LogP contribution in [-0.2, 0) is 0 Å². The van der Waals surface area contributed by atoms with E-state index in [-0.39, 0.29) is 5.78 Å². The summed E-state index contributed by atoms with van der Waals surface area (Å²) in [7, 11) is 0. The van der Waals surface area contributed by atoms with Crippen LogP contribution in [0.2, 0.25) is 5.02 Å². The van der Waals surface area contributed by atoms with Crippen molar-refractivity contribution in [1.82, 2.24) is 4.98 Å². The number of hydrogen-bond acceptors (Lipinski definition) is 4. The Morgan fingerprint density at radius 2 is 1.95 bits per heavy atom. The van der Waals surface area contributed by atoms with E-state index in [9.17, 15) is 4.79 Å². The summed E-state index contributed by atoms with van der Waals surface area (Å²) in [4.78, 5) is 16.5. The van der Waals surface area contributed by atoms with Crippen LogP contribution in [0, 0.1) is 0 Å². The standard InChI is InChI=1S/C16H10ClNOS2/c17-13-3-1-11(2-4-13)15(19)6-5-14-10-21-16(18-14)12-7-8-20-9-12/h1-10H/b6-5+. The van der Waals surface area contributed by atoms with Gasteiger partial charge >= 0.3 is 0 Å². The fourth-order valence-electron chi connectivity index (χ4n) is 1.75. The number of carbonyl (C=O) groups excluding carboxylic acids is 1. The zero-order chi connectivity index (χ0) is 14.7. The molecule has 0 aliphatic heterocycles. The minimum atomic E-state index is -0.0586. The molecule has 104 valence electrons. The van der Waals surface area contributed by atoms with Crippen LogP contribution in [0.3, 0.4) is 0 Å². The molecule has 2 heterocycles. The Morgan fingerprint density at radius 3 is 2.67 bits per heavy atom. The van der Waals surface area contributed by atoms with E-state index in [1.807, 2.05) is 16.8 Å². The molecule has 5 heteroatoms. The molecule has 0 aliphatic rings. The second kappa shape index (κ2) is 6.35. The van der Waals surface area contributed by atoms with Gasteiger partial charge in [0, 0.05) is 26.9 Å². The summed E-state index contributed by atoms with van der Waals surface area (Å²) in [5.74, 6) is -0.0586. The van der Waals surface area contributed by atoms with Crippen molar-refractivity contribution in [2.75, 3.05) is 0 Å². The number of allylic oxidation sites excluding steroid dienone is 1. The highest BCUT2D eigenvalue weighted by Crippen LogP contribution is 2.26. The Morgan fingerprint density at radius 1 is 1.14 bits per heavy atom. The number of rotatable bonds is 4. The molecule has 21 heavy (non-hydrogen) atoms. The molecule has 2 nitrogen and oxygen atoms in total. The number of carbonyl (C=O) groups is 1. The minimum absolute atomic E-state index is 0.0586. The lowest BCUT2D eigenvalue weighted by Gasteiger charge is -1.95. The number of nitrogens with zero attached hydrogens (tertiary/aromatic N) is 1. The molecule has 0 amide bonds. The van der Waals surface area contributed by atoms with Crippen LogP contribution in [0.25, 0.3) is 16.6 Å². The predicted octanol–water partition coefficient (Wildman–Crippen LogP) is 5.42. The van der Waals surface area contributed by atoms with E-state index < -0.39 is 0 Å². The summed E-state index contributed by atoms with van der Waals surface area (Å²) in [5.41, 5.74) is 2.53. The molecule has 3 aromatic rings. The fourth-order valence-corrected chi connectivity index (χ4v) is 3.38. The average Bonchev–Trinajstić information content (AvgIpc) is 3.16. The van der Waals surface area contributed by atoms with Crippen LogP contribution >= 0.6 is 34.3 Å². The molecule has 0 unspecified atom stereocenters. The first-order chi connectivity index (χ1) is 10.2. The zero-order valence-electron chi connectivity index (χ0n) is 10.8. The van der Waals surface area contributed by atoms with Gasteiger partial charge in [0.25, 0.3) is 0 Å². The van der Waals surface area contributed by atoms with Crippen molar-refractivity contribution in [1.29, 1.82) is 0 Å². The van der Waals surface area contributed by atoms with Gasteiger partial charge in [-0.15, -0.1) is 11.3 Å². The van der Waals surface area contributed by atoms with Crippen LogP contribution < -0.4 is 0 Å². The predicted molar refractivity (Wildman–Crippen MR) is 90.2 cm³/mol. The highest BCUT2D eigenvalue weighted by molar-refractivity contribution is 7.14. The van der Waals surface area contributed by atoms with Gasteiger partial charge in [-0.2, -0.15) is 11.3 Å². The lowest BCUT2D eigenvalue weighted by molar-refractivity contribution is 0.104. The third kappa shape index (κ3) is 3.47. The first kappa shape index (κ1) is 14.2. The Balaban J connectivity index is 1.74. The summed E-state index contributed by atoms with van der Waals surface area (Å²) in [5, 5.41) is 7.62. The van der Waals surface area contributed by atoms with Crippen LogP contribution in [0.1, 0.15) is 16.1 Å². The maximum atomic E-state index is 12.0. The molecule has 0 saturated heterocycles. The highest BCUT2D eigenvalue weighted by Gasteiger charge is 2.04. The Kier molecular flexibility index (Phi) is 4.29. The van der Waals surface area contributed by atoms with E-state index in [0.29, 0.717) is 10.6 Å². The van der Waals surface area contributed by atoms with Crippen LogP contribution in [-0.4, -0.2) is 10.8 Å². The normalized spacial score (nSPS) is 11.1. The largest absolute Gasteiger partial charge is 0.289 e. The summed E-state index contributed by atoms with van der Waals surface area (Å²) >= 11 is 9.02. The molecule has 1 aromatic carbocycles. The van der Waals surface area contributed by atoms with Crippen molar-refractivity contribution < 1.29 is 4.79 Å². The monoisotopic (exact) mass is 331 g/mol. The minimum Gasteiger partial charge on any atom is -0.289 e. The van der Waals surface area contributed by atoms with E-state index >= 15 is 0 Å². The highest BCUT2D eigenvalue weighted by atomic mass is 35.5. The zero-order valence-corrected chi connectivity index (χ0v) is 13.2. The maximum Gasteiger partial charge on any atom is 0.185 e. The molecular formula is C16H10ClNOS2. The van der Waals surface area contributed by atoms with Crippen LogP contribution in [0.4, 0.5) is 0 Å². The lowest BCUT2D eigenvalue weighted by Crippen LogP contribution is -1.93. The fraction of sp³-hybridized carbons (Fsp3) is 0. The van der Waals surface area contributed by atoms with Crippen molar-refractivity contribution in [3.63, 3.8) is 0 Å². The average molecular weight is 332 g/mol. The van der Waals surface area contributed by atoms with Gasteiger partial charge in [0.15, 0.2) is 5.78 Å². The van der Waals surface area contributed by atoms with E-state index in [1.54, 1.807) is 53.0 Å². The number of benzene rings is 1. The second-order valence-corrected chi connectivity index (χ2v) is 6.37. The Hall–Kier alpha value is -1.75. The van der Waals surface area contributed by atoms with Crippen molar-refractivity contribution >= 4 is 46.1 Å². The number of aromatic nitrogens is 1. The number of hydrogen-bond donors (Lipinski definition) is 0. The molecule has 0 N–H and O–H groups in total. The van der Waals surface area contributed by atoms with Crippen LogP contribution in [0.15, 0.2) is 52.5 Å². The van der Waals surface area contributed by atoms with Crippen molar-refractivity contribution in [2.45, 2.75) is 0 Å². The van der Waals surface area contributed by atoms with Gasteiger partial charge in [0.05, 0.1) is 5.69 Å². The summed E-state index contributed by atoms with van der Waals surface area (Å²) in [6.07, 6.45) is 3.28. The number of thiophene rings is 1. The van der Waals surface area contributed by atoms with Gasteiger partial charge < -0.3 is 0 Å². The lowest BCUT2D eigenvalue weighted by atomic mass is 10.1. The summed E-state index contributed by atoms with van der Waals surface area (Å²) < 4.78 is 0. The van der Waals surface area contributed by atoms with Gasteiger partial charge in [-0.05, 0) is 47.9 Å². The van der Waals surface area contributed by atoms with Gasteiger partial charge in [0.2, 0.25) is 0 Å². The first-order valence-corrected chi connectivity index (χ1v) is 8.38. The molecule has 0 spiro atoms. The first-order valence-electron chi connectivity index (χ1n) is 6.18. The van der Waals surface area contributed by atoms with E-state index in [2.05, 4.69) is 10.4 Å². The van der Waals surface area contributed by atoms with E-state index in [4.69, 9.17) is 11.6 Å². The smallest absolute Gasteiger partial charge is 0.185 e. The number of ketones is 1. The topological polar surface area (TPSA) is 30.0 Å². The number of thiazole rings is 1. The molecule has 0 fully saturated rings. The van der Waals surface area contributed by atoms with Gasteiger partial charge in [0.1, 0.15) is 5.01 Å². The van der Waals surface area contributed by atoms with Crippen molar-refractivity contribution in [2.24, 2.45) is 0 Å². The molecule has 2 aromatic heterocycles. The number of halogens is 1. The summed E-state index contributed by atoms with van der Waals surface area (Å²) in [6.45, 7) is 0. The second-order valence-electron chi connectivity index (χ2n) is 4.29. The molecule has 0 aliphatic carbocycles. The quantitative estimate of drug-likeness (QED) is 0.472. The third-order valence-electron chi connectivity index (χ3n) is 2.82. The van der Waals surface area contributed by atoms with Gasteiger partial charge in [-0.3, -0.25) is 4.79 Å². The van der Waals surface area contributed by atoms with Crippen molar-refractivity contribution in [3.8, 4) is 10.6 Å². The Bertz CT molecular complexity index is 773. The molecular weight excluding hydrogens is 322 g/mol. The third-order valence-corrected chi connectivity index (χ3v) is 4.67. The van der Waals surface area contributed by atoms with Gasteiger partial charge in [-0.25, -0.2) is 4.98 Å². The molecule has 3 rings (SSSR count). The van der Waals surface area contributed by atoms with E-state index in [0.717, 1.165) is 16.3 Å². The maximum absolute atomic E-state index is 12.0.